The Labute approximate surface area is 212 Å². The first-order chi connectivity index (χ1) is 17.9. The summed E-state index contributed by atoms with van der Waals surface area (Å²) in [5.41, 5.74) is 0.887. The molecular formula is C24H20F4N4O6. The second-order valence-corrected chi connectivity index (χ2v) is 7.40. The average molecular weight is 536 g/mol. The van der Waals surface area contributed by atoms with Crippen LogP contribution in [0.3, 0.4) is 0 Å². The fourth-order valence-electron chi connectivity index (χ4n) is 3.09. The van der Waals surface area contributed by atoms with E-state index in [2.05, 4.69) is 15.3 Å². The highest BCUT2D eigenvalue weighted by molar-refractivity contribution is 6.01. The highest BCUT2D eigenvalue weighted by Crippen LogP contribution is 2.37. The molecule has 0 saturated carbocycles. The van der Waals surface area contributed by atoms with Gasteiger partial charge in [-0.1, -0.05) is 0 Å². The normalized spacial score (nSPS) is 10.8. The summed E-state index contributed by atoms with van der Waals surface area (Å²) < 4.78 is 64.5. The van der Waals surface area contributed by atoms with E-state index in [0.29, 0.717) is 28.2 Å². The predicted molar refractivity (Wildman–Crippen MR) is 126 cm³/mol. The third-order valence-electron chi connectivity index (χ3n) is 4.88. The molecular weight excluding hydrogens is 516 g/mol. The lowest BCUT2D eigenvalue weighted by Crippen LogP contribution is -2.21. The zero-order valence-corrected chi connectivity index (χ0v) is 20.0. The number of carbonyl (C=O) groups is 2. The SMILES string of the molecule is COc1cc2nccc(Oc3ccc(NC(=O)c4nccn4C)cc3F)c2cc1OC.O=C(O)C(F)(F)F. The summed E-state index contributed by atoms with van der Waals surface area (Å²) in [7, 11) is 4.76. The maximum absolute atomic E-state index is 14.7. The molecule has 200 valence electrons. The molecule has 0 aliphatic rings. The molecule has 1 amide bonds. The molecule has 2 heterocycles. The Morgan fingerprint density at radius 1 is 0.947 bits per heavy atom. The summed E-state index contributed by atoms with van der Waals surface area (Å²) in [6, 6.07) is 9.24. The van der Waals surface area contributed by atoms with Gasteiger partial charge >= 0.3 is 12.1 Å². The van der Waals surface area contributed by atoms with Crippen LogP contribution < -0.4 is 19.5 Å². The number of fused-ring (bicyclic) bond motifs is 1. The zero-order valence-electron chi connectivity index (χ0n) is 20.0. The monoisotopic (exact) mass is 536 g/mol. The average Bonchev–Trinajstić information content (AvgIpc) is 3.30. The standard InChI is InChI=1S/C22H19FN4O4.C2HF3O2/c1-27-9-8-25-21(27)22(28)26-13-4-5-18(15(23)10-13)31-17-6-7-24-16-12-20(30-3)19(29-2)11-14(16)17;3-2(4,5)1(6)7/h4-12H,1-3H3,(H,26,28);(H,6,7). The number of halogens is 4. The summed E-state index contributed by atoms with van der Waals surface area (Å²) in [4.78, 5) is 29.4. The number of hydrogen-bond donors (Lipinski definition) is 2. The number of aryl methyl sites for hydroxylation is 1. The van der Waals surface area contributed by atoms with Crippen LogP contribution in [0.25, 0.3) is 10.9 Å². The van der Waals surface area contributed by atoms with Crippen molar-refractivity contribution in [2.45, 2.75) is 6.18 Å². The summed E-state index contributed by atoms with van der Waals surface area (Å²) in [6.45, 7) is 0. The van der Waals surface area contributed by atoms with Crippen molar-refractivity contribution < 1.29 is 46.5 Å². The van der Waals surface area contributed by atoms with Crippen molar-refractivity contribution in [2.75, 3.05) is 19.5 Å². The molecule has 10 nitrogen and oxygen atoms in total. The first-order valence-corrected chi connectivity index (χ1v) is 10.5. The Morgan fingerprint density at radius 2 is 1.61 bits per heavy atom. The molecule has 0 atom stereocenters. The van der Waals surface area contributed by atoms with Crippen molar-refractivity contribution >= 4 is 28.5 Å². The Morgan fingerprint density at radius 3 is 2.16 bits per heavy atom. The number of hydrogen-bond acceptors (Lipinski definition) is 7. The molecule has 2 N–H and O–H groups in total. The molecule has 38 heavy (non-hydrogen) atoms. The number of imidazole rings is 1. The van der Waals surface area contributed by atoms with Crippen molar-refractivity contribution in [3.63, 3.8) is 0 Å². The van der Waals surface area contributed by atoms with E-state index in [1.54, 1.807) is 48.3 Å². The first kappa shape index (κ1) is 27.7. The fourth-order valence-corrected chi connectivity index (χ4v) is 3.09. The number of carbonyl (C=O) groups excluding carboxylic acids is 1. The molecule has 0 spiro atoms. The van der Waals surface area contributed by atoms with Gasteiger partial charge in [-0.25, -0.2) is 14.2 Å². The lowest BCUT2D eigenvalue weighted by Gasteiger charge is -2.13. The number of ether oxygens (including phenoxy) is 3. The molecule has 0 aliphatic heterocycles. The van der Waals surface area contributed by atoms with Crippen LogP contribution in [0.4, 0.5) is 23.2 Å². The quantitative estimate of drug-likeness (QED) is 0.337. The predicted octanol–water partition coefficient (Wildman–Crippen LogP) is 4.80. The molecule has 0 bridgehead atoms. The molecule has 2 aromatic heterocycles. The number of carboxylic acid groups (broad SMARTS) is 1. The van der Waals surface area contributed by atoms with E-state index in [1.165, 1.54) is 32.5 Å². The van der Waals surface area contributed by atoms with Gasteiger partial charge in [0, 0.05) is 48.8 Å². The van der Waals surface area contributed by atoms with Crippen molar-refractivity contribution in [1.82, 2.24) is 14.5 Å². The third kappa shape index (κ3) is 6.46. The van der Waals surface area contributed by atoms with Gasteiger partial charge in [-0.05, 0) is 24.3 Å². The van der Waals surface area contributed by atoms with Gasteiger partial charge in [0.25, 0.3) is 5.91 Å². The lowest BCUT2D eigenvalue weighted by molar-refractivity contribution is -0.192. The number of carboxylic acids is 1. The van der Waals surface area contributed by atoms with Gasteiger partial charge in [-0.2, -0.15) is 13.2 Å². The van der Waals surface area contributed by atoms with Crippen molar-refractivity contribution in [2.24, 2.45) is 7.05 Å². The number of aromatic nitrogens is 3. The van der Waals surface area contributed by atoms with Crippen molar-refractivity contribution in [1.29, 1.82) is 0 Å². The number of nitrogens with zero attached hydrogens (tertiary/aromatic N) is 3. The maximum Gasteiger partial charge on any atom is 0.490 e. The van der Waals surface area contributed by atoms with E-state index in [1.807, 2.05) is 0 Å². The van der Waals surface area contributed by atoms with Gasteiger partial charge in [-0.15, -0.1) is 0 Å². The number of rotatable bonds is 6. The van der Waals surface area contributed by atoms with Crippen LogP contribution in [0.1, 0.15) is 10.6 Å². The number of alkyl halides is 3. The van der Waals surface area contributed by atoms with Gasteiger partial charge in [-0.3, -0.25) is 9.78 Å². The third-order valence-corrected chi connectivity index (χ3v) is 4.88. The minimum Gasteiger partial charge on any atom is -0.493 e. The zero-order chi connectivity index (χ0) is 28.0. The molecule has 0 radical (unpaired) electrons. The number of amides is 1. The Hall–Kier alpha value is -4.88. The van der Waals surface area contributed by atoms with Gasteiger partial charge < -0.3 is 29.2 Å². The second kappa shape index (κ2) is 11.5. The molecule has 4 rings (SSSR count). The summed E-state index contributed by atoms with van der Waals surface area (Å²) >= 11 is 0. The van der Waals surface area contributed by atoms with Crippen LogP contribution in [0, 0.1) is 5.82 Å². The number of methoxy groups -OCH3 is 2. The van der Waals surface area contributed by atoms with Gasteiger partial charge in [0.1, 0.15) is 5.75 Å². The van der Waals surface area contributed by atoms with E-state index < -0.39 is 23.9 Å². The topological polar surface area (TPSA) is 125 Å². The van der Waals surface area contributed by atoms with Gasteiger partial charge in [0.05, 0.1) is 19.7 Å². The van der Waals surface area contributed by atoms with Crippen LogP contribution >= 0.6 is 0 Å². The van der Waals surface area contributed by atoms with Gasteiger partial charge in [0.15, 0.2) is 28.9 Å². The number of nitrogens with one attached hydrogen (secondary N) is 1. The molecule has 0 saturated heterocycles. The Bertz CT molecular complexity index is 1470. The van der Waals surface area contributed by atoms with Crippen molar-refractivity contribution in [3.8, 4) is 23.0 Å². The molecule has 0 fully saturated rings. The van der Waals surface area contributed by atoms with Crippen LogP contribution in [0.2, 0.25) is 0 Å². The number of pyridine rings is 1. The van der Waals surface area contributed by atoms with Crippen molar-refractivity contribution in [3.05, 3.63) is 66.6 Å². The summed E-state index contributed by atoms with van der Waals surface area (Å²) in [5, 5.41) is 10.4. The molecule has 2 aromatic carbocycles. The van der Waals surface area contributed by atoms with E-state index in [9.17, 15) is 22.4 Å². The minimum absolute atomic E-state index is 0.00252. The van der Waals surface area contributed by atoms with E-state index in [-0.39, 0.29) is 17.3 Å². The van der Waals surface area contributed by atoms with E-state index >= 15 is 0 Å². The molecule has 4 aromatic rings. The smallest absolute Gasteiger partial charge is 0.490 e. The Balaban J connectivity index is 0.000000505. The van der Waals surface area contributed by atoms with E-state index in [0.717, 1.165) is 0 Å². The largest absolute Gasteiger partial charge is 0.493 e. The first-order valence-electron chi connectivity index (χ1n) is 10.5. The lowest BCUT2D eigenvalue weighted by atomic mass is 10.2. The van der Waals surface area contributed by atoms with Crippen LogP contribution in [-0.4, -0.2) is 51.9 Å². The molecule has 14 heteroatoms. The van der Waals surface area contributed by atoms with Crippen LogP contribution in [-0.2, 0) is 11.8 Å². The highest BCUT2D eigenvalue weighted by Gasteiger charge is 2.38. The fraction of sp³-hybridized carbons (Fsp3) is 0.167. The number of aliphatic carboxylic acids is 1. The highest BCUT2D eigenvalue weighted by atomic mass is 19.4. The Kier molecular flexibility index (Phi) is 8.35. The van der Waals surface area contributed by atoms with Gasteiger partial charge in [0.2, 0.25) is 0 Å². The summed E-state index contributed by atoms with van der Waals surface area (Å²) in [5.74, 6) is -2.20. The van der Waals surface area contributed by atoms with Crippen LogP contribution in [0.5, 0.6) is 23.0 Å². The number of benzene rings is 2. The second-order valence-electron chi connectivity index (χ2n) is 7.40. The molecule has 0 aliphatic carbocycles. The maximum atomic E-state index is 14.7. The molecule has 0 unspecified atom stereocenters. The number of anilines is 1. The summed E-state index contributed by atoms with van der Waals surface area (Å²) in [6.07, 6.45) is -0.366. The van der Waals surface area contributed by atoms with E-state index in [4.69, 9.17) is 24.1 Å². The van der Waals surface area contributed by atoms with Crippen LogP contribution in [0.15, 0.2) is 55.0 Å². The minimum atomic E-state index is -5.08.